The fraction of sp³-hybridized carbons (Fsp3) is 1.00. The second-order valence-corrected chi connectivity index (χ2v) is 35.9. The van der Waals surface area contributed by atoms with Crippen molar-refractivity contribution in [2.75, 3.05) is 0 Å². The Labute approximate surface area is 94.3 Å². The summed E-state index contributed by atoms with van der Waals surface area (Å²) in [6, 6.07) is 0. The fourth-order valence-electron chi connectivity index (χ4n) is 19.5. The topological polar surface area (TPSA) is 0 Å². The van der Waals surface area contributed by atoms with Crippen LogP contribution in [-0.2, 0) is 6.51 Å². The van der Waals surface area contributed by atoms with Gasteiger partial charge in [-0.1, -0.05) is 0 Å². The third-order valence-corrected chi connectivity index (χ3v) is 68.1. The van der Waals surface area contributed by atoms with Crippen molar-refractivity contribution in [3.8, 4) is 0 Å². The zero-order valence-corrected chi connectivity index (χ0v) is 12.4. The maximum atomic E-state index is 4.48. The van der Waals surface area contributed by atoms with Crippen LogP contribution in [0.4, 0.5) is 0 Å². The third-order valence-electron chi connectivity index (χ3n) is 16.4. The van der Waals surface area contributed by atoms with Crippen molar-refractivity contribution in [2.45, 2.75) is 72.3 Å². The molecule has 10 saturated heterocycles. The summed E-state index contributed by atoms with van der Waals surface area (Å²) in [5, 5.41) is 0. The van der Waals surface area contributed by atoms with E-state index in [2.05, 4.69) is 29.8 Å². The van der Waals surface area contributed by atoms with Crippen LogP contribution >= 0.6 is 15.9 Å². The van der Waals surface area contributed by atoms with E-state index in [1.54, 1.807) is 12.8 Å². The number of alkyl halides is 1. The summed E-state index contributed by atoms with van der Waals surface area (Å²) >= 11 is 4.48. The van der Waals surface area contributed by atoms with E-state index in [1.165, 1.54) is 33.7 Å². The van der Waals surface area contributed by atoms with Gasteiger partial charge in [0.1, 0.15) is 0 Å². The van der Waals surface area contributed by atoms with E-state index in [0.29, 0.717) is 0 Å². The molecule has 0 aromatic carbocycles. The first kappa shape index (κ1) is 6.44. The Bertz CT molecular complexity index is 1010. The summed E-state index contributed by atoms with van der Waals surface area (Å²) in [4.78, 5) is 10.0. The number of fused-ring (bicyclic) bond motifs is 10. The summed E-state index contributed by atoms with van der Waals surface area (Å²) in [6.07, 6.45) is 3.25. The summed E-state index contributed by atoms with van der Waals surface area (Å²) in [7, 11) is 0. The van der Waals surface area contributed by atoms with Crippen LogP contribution in [0.1, 0.15) is 26.7 Å². The zero-order chi connectivity index (χ0) is 10.3. The predicted octanol–water partition coefficient (Wildman–Crippen LogP) is 5.24. The van der Waals surface area contributed by atoms with Gasteiger partial charge in [-0.3, -0.25) is 0 Å². The average Bonchev–Trinajstić information content (AvgIpc) is 3.22. The van der Waals surface area contributed by atoms with E-state index in [9.17, 15) is 0 Å². The second-order valence-electron chi connectivity index (χ2n) is 10.8. The van der Waals surface area contributed by atoms with E-state index in [1.807, 2.05) is 0 Å². The van der Waals surface area contributed by atoms with E-state index < -0.39 is 6.51 Å². The molecule has 10 fully saturated rings. The summed E-state index contributed by atoms with van der Waals surface area (Å²) in [6.45, 7) is 2.20. The van der Waals surface area contributed by atoms with Crippen LogP contribution in [0.25, 0.3) is 0 Å². The minimum atomic E-state index is -2.97. The molecule has 1 spiro atoms. The Morgan fingerprint density at radius 3 is 1.56 bits per heavy atom. The molecule has 0 nitrogen and oxygen atoms in total. The standard InChI is InChI=1S/C9H13.C5H4Br.Fe/c1-3-8-5-6-9(4-2)7-8;6-5-3-1-2-4-5;/h5-7H,3-4H2,1-2H3;1-4H;. The summed E-state index contributed by atoms with van der Waals surface area (Å²) in [5.41, 5.74) is 0. The Morgan fingerprint density at radius 1 is 0.938 bits per heavy atom. The average molecular weight is 321 g/mol. The first-order valence-electron chi connectivity index (χ1n) is 7.33. The van der Waals surface area contributed by atoms with Crippen molar-refractivity contribution in [3.63, 3.8) is 0 Å². The van der Waals surface area contributed by atoms with Crippen LogP contribution in [0.5, 0.6) is 0 Å². The molecule has 0 aromatic rings. The van der Waals surface area contributed by atoms with Gasteiger partial charge in [0.15, 0.2) is 0 Å². The molecule has 10 heterocycles. The first-order valence-corrected chi connectivity index (χ1v) is 14.2. The molecule has 0 bridgehead atoms. The van der Waals surface area contributed by atoms with Gasteiger partial charge in [0, 0.05) is 0 Å². The molecule has 0 aliphatic carbocycles. The van der Waals surface area contributed by atoms with Crippen molar-refractivity contribution in [3.05, 3.63) is 0 Å². The van der Waals surface area contributed by atoms with Crippen LogP contribution in [-0.4, -0.2) is 3.22 Å². The number of rotatable bonds is 2. The van der Waals surface area contributed by atoms with Gasteiger partial charge in [-0.25, -0.2) is 0 Å². The molecule has 0 N–H and O–H groups in total. The molecule has 10 rings (SSSR count). The van der Waals surface area contributed by atoms with Crippen molar-refractivity contribution in [2.24, 2.45) is 0 Å². The van der Waals surface area contributed by atoms with Gasteiger partial charge in [-0.2, -0.15) is 0 Å². The molecule has 16 heavy (non-hydrogen) atoms. The molecular formula is C14H17BrFe. The van der Waals surface area contributed by atoms with Crippen molar-refractivity contribution >= 4 is 15.9 Å². The minimum absolute atomic E-state index is 0.933. The molecule has 10 aliphatic rings. The fourth-order valence-corrected chi connectivity index (χ4v) is 112. The summed E-state index contributed by atoms with van der Waals surface area (Å²) < 4.78 is 3.16. The molecule has 88 valence electrons. The molecule has 0 radical (unpaired) electrons. The van der Waals surface area contributed by atoms with E-state index in [4.69, 9.17) is 0 Å². The van der Waals surface area contributed by atoms with Gasteiger partial charge in [-0.05, 0) is 0 Å². The number of hydrogen-bond donors (Lipinski definition) is 0. The second kappa shape index (κ2) is 0.476. The van der Waals surface area contributed by atoms with Crippen LogP contribution < -0.4 is 0 Å². The van der Waals surface area contributed by atoms with E-state index in [0.717, 1.165) is 11.8 Å². The Balaban J connectivity index is 1.85. The van der Waals surface area contributed by atoms with Gasteiger partial charge in [-0.15, -0.1) is 0 Å². The Morgan fingerprint density at radius 2 is 1.44 bits per heavy atom. The third kappa shape index (κ3) is 0.0486. The molecule has 0 amide bonds. The monoisotopic (exact) mass is 320 g/mol. The van der Waals surface area contributed by atoms with Gasteiger partial charge in [0.05, 0.1) is 0 Å². The summed E-state index contributed by atoms with van der Waals surface area (Å²) in [5.74, 6) is 0. The Kier molecular flexibility index (Phi) is 0.191. The van der Waals surface area contributed by atoms with E-state index in [-0.39, 0.29) is 0 Å². The number of halogens is 1. The van der Waals surface area contributed by atoms with Crippen LogP contribution in [0.15, 0.2) is 0 Å². The van der Waals surface area contributed by atoms with Crippen LogP contribution in [0.3, 0.4) is 0 Å². The Hall–Kier alpha value is 0.999. The van der Waals surface area contributed by atoms with Crippen LogP contribution in [0, 0.1) is 0 Å². The van der Waals surface area contributed by atoms with E-state index >= 15 is 0 Å². The zero-order valence-electron chi connectivity index (χ0n) is 9.69. The number of hydrogen-bond acceptors (Lipinski definition) is 0. The molecule has 8 unspecified atom stereocenters. The molecule has 0 saturated carbocycles. The molecular weight excluding hydrogens is 304 g/mol. The van der Waals surface area contributed by atoms with Gasteiger partial charge < -0.3 is 0 Å². The molecule has 8 atom stereocenters. The molecule has 10 aliphatic heterocycles. The van der Waals surface area contributed by atoms with Crippen molar-refractivity contribution in [1.82, 2.24) is 0 Å². The van der Waals surface area contributed by atoms with Crippen molar-refractivity contribution in [1.29, 1.82) is 0 Å². The van der Waals surface area contributed by atoms with Crippen LogP contribution in [0.2, 0.25) is 42.3 Å². The first-order chi connectivity index (χ1) is 7.44. The van der Waals surface area contributed by atoms with Crippen molar-refractivity contribution < 1.29 is 6.51 Å². The molecule has 0 aromatic heterocycles. The van der Waals surface area contributed by atoms with Gasteiger partial charge in [0.25, 0.3) is 0 Å². The SMILES string of the molecule is CC[C]12[CH]3[CH]4[C]5(CC)[CH]1[Fe]34251678[CH]2[CH]1[CH]6[C]7(Br)[CH]28. The van der Waals surface area contributed by atoms with Gasteiger partial charge in [0.2, 0.25) is 0 Å². The maximum absolute atomic E-state index is 4.48. The van der Waals surface area contributed by atoms with Gasteiger partial charge >= 0.3 is 94.7 Å². The predicted molar refractivity (Wildman–Crippen MR) is 63.9 cm³/mol. The quantitative estimate of drug-likeness (QED) is 0.482. The normalized spacial score (nSPS) is 135. The molecule has 2 heteroatoms.